The highest BCUT2D eigenvalue weighted by Crippen LogP contribution is 2.32. The first-order valence-electron chi connectivity index (χ1n) is 6.53. The van der Waals surface area contributed by atoms with Crippen LogP contribution in [0.15, 0.2) is 12.1 Å². The normalized spacial score (nSPS) is 13.4. The number of nitrogens with two attached hydrogens (primary N) is 1. The molecule has 0 unspecified atom stereocenters. The van der Waals surface area contributed by atoms with Crippen LogP contribution < -0.4 is 20.5 Å². The highest BCUT2D eigenvalue weighted by Gasteiger charge is 2.24. The van der Waals surface area contributed by atoms with E-state index in [-0.39, 0.29) is 29.8 Å². The van der Waals surface area contributed by atoms with E-state index in [1.807, 2.05) is 0 Å². The van der Waals surface area contributed by atoms with Crippen molar-refractivity contribution in [2.75, 3.05) is 26.6 Å². The van der Waals surface area contributed by atoms with E-state index in [4.69, 9.17) is 19.9 Å². The van der Waals surface area contributed by atoms with Crippen molar-refractivity contribution in [2.24, 2.45) is 0 Å². The molecule has 7 heteroatoms. The van der Waals surface area contributed by atoms with Crippen molar-refractivity contribution in [1.29, 1.82) is 0 Å². The molecule has 1 saturated carbocycles. The SMILES string of the molecule is COc1cc(N)c(C(=O)OCC(=O)NC2CC2)cc1OC. The summed E-state index contributed by atoms with van der Waals surface area (Å²) in [5.41, 5.74) is 6.11. The summed E-state index contributed by atoms with van der Waals surface area (Å²) in [6, 6.07) is 3.12. The maximum absolute atomic E-state index is 12.0. The number of amides is 1. The van der Waals surface area contributed by atoms with Crippen LogP contribution in [0.4, 0.5) is 5.69 Å². The molecule has 0 bridgehead atoms. The van der Waals surface area contributed by atoms with Gasteiger partial charge in [0.2, 0.25) is 0 Å². The van der Waals surface area contributed by atoms with Gasteiger partial charge in [0.1, 0.15) is 0 Å². The van der Waals surface area contributed by atoms with E-state index in [0.29, 0.717) is 11.5 Å². The summed E-state index contributed by atoms with van der Waals surface area (Å²) in [4.78, 5) is 23.4. The molecule has 1 fully saturated rings. The lowest BCUT2D eigenvalue weighted by molar-refractivity contribution is -0.124. The number of carbonyl (C=O) groups excluding carboxylic acids is 2. The monoisotopic (exact) mass is 294 g/mol. The van der Waals surface area contributed by atoms with Crippen LogP contribution in [0.25, 0.3) is 0 Å². The van der Waals surface area contributed by atoms with Crippen molar-refractivity contribution < 1.29 is 23.8 Å². The molecular formula is C14H18N2O5. The molecule has 1 amide bonds. The Morgan fingerprint density at radius 1 is 1.24 bits per heavy atom. The van der Waals surface area contributed by atoms with Gasteiger partial charge in [0.15, 0.2) is 18.1 Å². The second-order valence-corrected chi connectivity index (χ2v) is 4.71. The van der Waals surface area contributed by atoms with Gasteiger partial charge in [-0.2, -0.15) is 0 Å². The first-order chi connectivity index (χ1) is 10.0. The number of nitrogen functional groups attached to an aromatic ring is 1. The molecule has 0 saturated heterocycles. The third-order valence-corrected chi connectivity index (χ3v) is 3.05. The van der Waals surface area contributed by atoms with Crippen LogP contribution in [0.5, 0.6) is 11.5 Å². The van der Waals surface area contributed by atoms with Gasteiger partial charge in [-0.1, -0.05) is 0 Å². The summed E-state index contributed by atoms with van der Waals surface area (Å²) in [7, 11) is 2.92. The van der Waals surface area contributed by atoms with Gasteiger partial charge in [-0.15, -0.1) is 0 Å². The molecule has 1 aromatic rings. The largest absolute Gasteiger partial charge is 0.493 e. The predicted molar refractivity (Wildman–Crippen MR) is 75.4 cm³/mol. The molecule has 1 aliphatic rings. The van der Waals surface area contributed by atoms with Gasteiger partial charge in [0, 0.05) is 18.2 Å². The molecule has 7 nitrogen and oxygen atoms in total. The van der Waals surface area contributed by atoms with Gasteiger partial charge >= 0.3 is 5.97 Å². The van der Waals surface area contributed by atoms with Crippen LogP contribution in [0, 0.1) is 0 Å². The Morgan fingerprint density at radius 3 is 2.43 bits per heavy atom. The molecule has 1 aromatic carbocycles. The molecule has 0 radical (unpaired) electrons. The van der Waals surface area contributed by atoms with Gasteiger partial charge in [-0.05, 0) is 12.8 Å². The summed E-state index contributed by atoms with van der Waals surface area (Å²) < 4.78 is 15.1. The minimum absolute atomic E-state index is 0.131. The van der Waals surface area contributed by atoms with Crippen molar-refractivity contribution in [3.63, 3.8) is 0 Å². The molecule has 0 heterocycles. The number of benzene rings is 1. The zero-order valence-electron chi connectivity index (χ0n) is 12.0. The van der Waals surface area contributed by atoms with Crippen LogP contribution >= 0.6 is 0 Å². The summed E-state index contributed by atoms with van der Waals surface area (Å²) in [5, 5.41) is 2.72. The van der Waals surface area contributed by atoms with Crippen LogP contribution in [-0.4, -0.2) is 38.7 Å². The summed E-state index contributed by atoms with van der Waals surface area (Å²) in [5.74, 6) is -0.219. The second-order valence-electron chi connectivity index (χ2n) is 4.71. The highest BCUT2D eigenvalue weighted by molar-refractivity contribution is 5.97. The van der Waals surface area contributed by atoms with Crippen LogP contribution in [0.2, 0.25) is 0 Å². The molecule has 3 N–H and O–H groups in total. The first-order valence-corrected chi connectivity index (χ1v) is 6.53. The number of nitrogens with one attached hydrogen (secondary N) is 1. The van der Waals surface area contributed by atoms with E-state index in [2.05, 4.69) is 5.32 Å². The smallest absolute Gasteiger partial charge is 0.340 e. The quantitative estimate of drug-likeness (QED) is 0.592. The number of hydrogen-bond donors (Lipinski definition) is 2. The van der Waals surface area contributed by atoms with Crippen LogP contribution in [0.1, 0.15) is 23.2 Å². The number of carbonyl (C=O) groups is 2. The van der Waals surface area contributed by atoms with Crippen molar-refractivity contribution >= 4 is 17.6 Å². The molecule has 21 heavy (non-hydrogen) atoms. The third kappa shape index (κ3) is 3.77. The van der Waals surface area contributed by atoms with Crippen LogP contribution in [-0.2, 0) is 9.53 Å². The van der Waals surface area contributed by atoms with Gasteiger partial charge < -0.3 is 25.3 Å². The van der Waals surface area contributed by atoms with Crippen molar-refractivity contribution in [3.05, 3.63) is 17.7 Å². The first kappa shape index (κ1) is 15.0. The van der Waals surface area contributed by atoms with E-state index >= 15 is 0 Å². The lowest BCUT2D eigenvalue weighted by atomic mass is 10.1. The summed E-state index contributed by atoms with van der Waals surface area (Å²) in [6.07, 6.45) is 1.95. The molecule has 2 rings (SSSR count). The van der Waals surface area contributed by atoms with Crippen molar-refractivity contribution in [2.45, 2.75) is 18.9 Å². The molecular weight excluding hydrogens is 276 g/mol. The van der Waals surface area contributed by atoms with E-state index in [1.165, 1.54) is 26.4 Å². The molecule has 0 aliphatic heterocycles. The number of hydrogen-bond acceptors (Lipinski definition) is 6. The third-order valence-electron chi connectivity index (χ3n) is 3.05. The molecule has 1 aliphatic carbocycles. The van der Waals surface area contributed by atoms with E-state index in [1.54, 1.807) is 0 Å². The zero-order valence-corrected chi connectivity index (χ0v) is 12.0. The predicted octanol–water partition coefficient (Wildman–Crippen LogP) is 0.721. The number of esters is 1. The molecule has 114 valence electrons. The fraction of sp³-hybridized carbons (Fsp3) is 0.429. The van der Waals surface area contributed by atoms with E-state index in [0.717, 1.165) is 12.8 Å². The molecule has 0 spiro atoms. The fourth-order valence-corrected chi connectivity index (χ4v) is 1.78. The van der Waals surface area contributed by atoms with E-state index in [9.17, 15) is 9.59 Å². The minimum Gasteiger partial charge on any atom is -0.493 e. The fourth-order valence-electron chi connectivity index (χ4n) is 1.78. The number of rotatable bonds is 6. The Hall–Kier alpha value is -2.44. The molecule has 0 atom stereocenters. The highest BCUT2D eigenvalue weighted by atomic mass is 16.5. The lowest BCUT2D eigenvalue weighted by Gasteiger charge is -2.12. The standard InChI is InChI=1S/C14H18N2O5/c1-19-11-5-9(10(15)6-12(11)20-2)14(18)21-7-13(17)16-8-3-4-8/h5-6,8H,3-4,7,15H2,1-2H3,(H,16,17). The van der Waals surface area contributed by atoms with Gasteiger partial charge in [0.25, 0.3) is 5.91 Å². The summed E-state index contributed by atoms with van der Waals surface area (Å²) in [6.45, 7) is -0.330. The number of methoxy groups -OCH3 is 2. The van der Waals surface area contributed by atoms with Gasteiger partial charge in [0.05, 0.1) is 25.5 Å². The molecule has 0 aromatic heterocycles. The Labute approximate surface area is 122 Å². The average molecular weight is 294 g/mol. The lowest BCUT2D eigenvalue weighted by Crippen LogP contribution is -2.30. The van der Waals surface area contributed by atoms with Crippen molar-refractivity contribution in [3.8, 4) is 11.5 Å². The van der Waals surface area contributed by atoms with Crippen molar-refractivity contribution in [1.82, 2.24) is 5.32 Å². The summed E-state index contributed by atoms with van der Waals surface area (Å²) >= 11 is 0. The zero-order chi connectivity index (χ0) is 15.4. The topological polar surface area (TPSA) is 99.9 Å². The van der Waals surface area contributed by atoms with Gasteiger partial charge in [-0.3, -0.25) is 4.79 Å². The maximum atomic E-state index is 12.0. The minimum atomic E-state index is -0.681. The van der Waals surface area contributed by atoms with E-state index < -0.39 is 5.97 Å². The Bertz CT molecular complexity index is 555. The van der Waals surface area contributed by atoms with Crippen LogP contribution in [0.3, 0.4) is 0 Å². The Morgan fingerprint density at radius 2 is 1.86 bits per heavy atom. The second kappa shape index (κ2) is 6.34. The van der Waals surface area contributed by atoms with Gasteiger partial charge in [-0.25, -0.2) is 4.79 Å². The Balaban J connectivity index is 2.02. The Kier molecular flexibility index (Phi) is 4.52. The number of anilines is 1. The number of ether oxygens (including phenoxy) is 3. The maximum Gasteiger partial charge on any atom is 0.340 e. The average Bonchev–Trinajstić information content (AvgIpc) is 3.28.